The topological polar surface area (TPSA) is 69.0 Å². The summed E-state index contributed by atoms with van der Waals surface area (Å²) >= 11 is 0. The van der Waals surface area contributed by atoms with Crippen molar-refractivity contribution in [1.82, 2.24) is 4.90 Å². The van der Waals surface area contributed by atoms with Gasteiger partial charge in [-0.15, -0.1) is 0 Å². The highest BCUT2D eigenvalue weighted by atomic mass is 127. The molecule has 1 saturated heterocycles. The molecule has 2 rings (SSSR count). The summed E-state index contributed by atoms with van der Waals surface area (Å²) in [5.41, 5.74) is 0.846. The first-order valence-corrected chi connectivity index (χ1v) is 16.6. The van der Waals surface area contributed by atoms with E-state index in [1.165, 1.54) is 103 Å². The average molecular weight is 703 g/mol. The van der Waals surface area contributed by atoms with Gasteiger partial charge in [0.1, 0.15) is 20.2 Å². The molecule has 0 N–H and O–H groups in total. The zero-order chi connectivity index (χ0) is 29.5. The third kappa shape index (κ3) is 17.8. The molecule has 2 atom stereocenters. The first kappa shape index (κ1) is 38.8. The van der Waals surface area contributed by atoms with Gasteiger partial charge in [0.2, 0.25) is 11.6 Å². The highest BCUT2D eigenvalue weighted by Gasteiger charge is 2.29. The van der Waals surface area contributed by atoms with Crippen LogP contribution in [0.4, 0.5) is 4.79 Å². The molecule has 1 aliphatic heterocycles. The van der Waals surface area contributed by atoms with E-state index < -0.39 is 6.09 Å². The second kappa shape index (κ2) is 25.1. The van der Waals surface area contributed by atoms with Crippen LogP contribution in [0.5, 0.6) is 0 Å². The number of nitrogens with zero attached hydrogens (tertiary/aromatic N) is 2. The summed E-state index contributed by atoms with van der Waals surface area (Å²) in [7, 11) is 1.88. The van der Waals surface area contributed by atoms with Crippen LogP contribution in [0.2, 0.25) is 0 Å². The Morgan fingerprint density at radius 2 is 1.45 bits per heavy atom. The third-order valence-corrected chi connectivity index (χ3v) is 8.14. The van der Waals surface area contributed by atoms with Gasteiger partial charge in [-0.05, 0) is 12.8 Å². The fraction of sp³-hybridized carbons (Fsp3) is 0.794. The fourth-order valence-electron chi connectivity index (χ4n) is 5.45. The zero-order valence-corrected chi connectivity index (χ0v) is 29.0. The van der Waals surface area contributed by atoms with Gasteiger partial charge in [0.15, 0.2) is 6.20 Å². The van der Waals surface area contributed by atoms with Gasteiger partial charge in [-0.3, -0.25) is 4.79 Å². The Hall–Kier alpha value is -1.26. The number of amides is 2. The van der Waals surface area contributed by atoms with E-state index in [9.17, 15) is 9.59 Å². The predicted molar refractivity (Wildman–Crippen MR) is 163 cm³/mol. The molecular weight excluding hydrogens is 643 g/mol. The summed E-state index contributed by atoms with van der Waals surface area (Å²) in [5.74, 6) is -0.0152. The normalized spacial score (nSPS) is 16.3. The van der Waals surface area contributed by atoms with Gasteiger partial charge < -0.3 is 38.2 Å². The Kier molecular flexibility index (Phi) is 23.2. The lowest BCUT2D eigenvalue weighted by molar-refractivity contribution is -0.679. The van der Waals surface area contributed by atoms with Crippen molar-refractivity contribution in [3.05, 3.63) is 30.1 Å². The molecule has 1 aromatic heterocycles. The number of halogens is 1. The minimum absolute atomic E-state index is 0. The number of carbonyl (C=O) groups excluding carboxylic acids is 2. The van der Waals surface area contributed by atoms with Crippen molar-refractivity contribution < 1.29 is 52.3 Å². The predicted octanol–water partition coefficient (Wildman–Crippen LogP) is 4.68. The fourth-order valence-corrected chi connectivity index (χ4v) is 5.45. The van der Waals surface area contributed by atoms with Crippen molar-refractivity contribution in [3.8, 4) is 0 Å². The van der Waals surface area contributed by atoms with Crippen LogP contribution < -0.4 is 28.5 Å². The van der Waals surface area contributed by atoms with Crippen molar-refractivity contribution in [2.45, 2.75) is 136 Å². The van der Waals surface area contributed by atoms with E-state index in [2.05, 4.69) is 6.92 Å². The Labute approximate surface area is 273 Å². The van der Waals surface area contributed by atoms with Crippen molar-refractivity contribution in [2.24, 2.45) is 13.0 Å². The van der Waals surface area contributed by atoms with Crippen LogP contribution in [0.1, 0.15) is 129 Å². The second-order valence-electron chi connectivity index (χ2n) is 11.9. The van der Waals surface area contributed by atoms with Crippen molar-refractivity contribution in [2.75, 3.05) is 26.4 Å². The number of rotatable bonds is 23. The van der Waals surface area contributed by atoms with Crippen LogP contribution in [-0.4, -0.2) is 49.4 Å². The molecule has 0 aliphatic carbocycles. The molecule has 1 aliphatic rings. The van der Waals surface area contributed by atoms with E-state index in [-0.39, 0.29) is 49.1 Å². The smallest absolute Gasteiger partial charge is 0.417 e. The molecule has 42 heavy (non-hydrogen) atoms. The molecule has 0 radical (unpaired) electrons. The lowest BCUT2D eigenvalue weighted by Crippen LogP contribution is -3.00. The highest BCUT2D eigenvalue weighted by molar-refractivity contribution is 5.90. The summed E-state index contributed by atoms with van der Waals surface area (Å²) in [6.07, 6.45) is 23.9. The number of ether oxygens (including phenoxy) is 3. The molecule has 1 fully saturated rings. The molecule has 0 unspecified atom stereocenters. The molecule has 0 aromatic carbocycles. The Morgan fingerprint density at radius 3 is 2.00 bits per heavy atom. The number of unbranched alkanes of at least 4 members (excludes halogenated alkanes) is 15. The Morgan fingerprint density at radius 1 is 0.881 bits per heavy atom. The van der Waals surface area contributed by atoms with Gasteiger partial charge in [0, 0.05) is 31.6 Å². The van der Waals surface area contributed by atoms with Crippen LogP contribution in [-0.2, 0) is 32.6 Å². The van der Waals surface area contributed by atoms with Gasteiger partial charge in [0.25, 0.3) is 0 Å². The zero-order valence-electron chi connectivity index (χ0n) is 26.8. The van der Waals surface area contributed by atoms with Crippen LogP contribution in [0, 0.1) is 5.92 Å². The van der Waals surface area contributed by atoms with E-state index in [4.69, 9.17) is 14.2 Å². The van der Waals surface area contributed by atoms with Gasteiger partial charge in [-0.1, -0.05) is 109 Å². The maximum Gasteiger partial charge on any atom is 0.417 e. The van der Waals surface area contributed by atoms with Crippen molar-refractivity contribution >= 4 is 12.0 Å². The molecule has 1 aromatic rings. The van der Waals surface area contributed by atoms with E-state index in [1.54, 1.807) is 0 Å². The van der Waals surface area contributed by atoms with Crippen LogP contribution in [0.25, 0.3) is 0 Å². The molecule has 242 valence electrons. The number of hydrogen-bond acceptors (Lipinski definition) is 5. The number of carbonyl (C=O) groups is 2. The van der Waals surface area contributed by atoms with Crippen LogP contribution in [0.15, 0.2) is 24.4 Å². The molecule has 8 heteroatoms. The SMILES string of the molecule is CCCCCCCCCCCCCCCCCCOC[C@H]1CO[C@H](COC(=O)N(Cc2cccc[n+]2C)C(C)=O)C1.[I-]. The molecule has 2 heterocycles. The summed E-state index contributed by atoms with van der Waals surface area (Å²) in [6, 6.07) is 5.67. The summed E-state index contributed by atoms with van der Waals surface area (Å²) in [4.78, 5) is 25.8. The number of pyridine rings is 1. The molecule has 2 amide bonds. The summed E-state index contributed by atoms with van der Waals surface area (Å²) in [6.45, 7) is 6.10. The standard InChI is InChI=1S/C34H59N2O5.HI/c1-4-5-6-7-8-9-10-11-12-13-14-15-16-17-18-21-24-39-27-31-25-33(40-28-31)29-41-34(38)36(30(2)37)26-32-22-19-20-23-35(32)3;/h19-20,22-23,31,33H,4-18,21,24-29H2,1-3H3;1H/q+1;/p-1/t31-,33-;/m0./s1. The summed E-state index contributed by atoms with van der Waals surface area (Å²) < 4.78 is 19.1. The number of aryl methyl sites for hydroxylation is 1. The van der Waals surface area contributed by atoms with Crippen LogP contribution >= 0.6 is 0 Å². The molecule has 0 spiro atoms. The minimum Gasteiger partial charge on any atom is -1.00 e. The maximum atomic E-state index is 12.6. The van der Waals surface area contributed by atoms with E-state index >= 15 is 0 Å². The van der Waals surface area contributed by atoms with E-state index in [0.717, 1.165) is 30.0 Å². The third-order valence-electron chi connectivity index (χ3n) is 8.14. The molecule has 0 saturated carbocycles. The summed E-state index contributed by atoms with van der Waals surface area (Å²) in [5, 5.41) is 0. The number of hydrogen-bond donors (Lipinski definition) is 0. The molecule has 0 bridgehead atoms. The monoisotopic (exact) mass is 702 g/mol. The maximum absolute atomic E-state index is 12.6. The second-order valence-corrected chi connectivity index (χ2v) is 11.9. The number of imide groups is 1. The number of aromatic nitrogens is 1. The van der Waals surface area contributed by atoms with Gasteiger partial charge in [-0.2, -0.15) is 0 Å². The van der Waals surface area contributed by atoms with Crippen molar-refractivity contribution in [1.29, 1.82) is 0 Å². The Bertz CT molecular complexity index is 840. The van der Waals surface area contributed by atoms with Gasteiger partial charge >= 0.3 is 6.09 Å². The van der Waals surface area contributed by atoms with E-state index in [0.29, 0.717) is 19.1 Å². The largest absolute Gasteiger partial charge is 1.00 e. The van der Waals surface area contributed by atoms with Gasteiger partial charge in [0.05, 0.1) is 19.3 Å². The van der Waals surface area contributed by atoms with Crippen LogP contribution in [0.3, 0.4) is 0 Å². The van der Waals surface area contributed by atoms with Gasteiger partial charge in [-0.25, -0.2) is 14.3 Å². The lowest BCUT2D eigenvalue weighted by atomic mass is 10.0. The first-order chi connectivity index (χ1) is 20.0. The minimum atomic E-state index is -0.631. The first-order valence-electron chi connectivity index (χ1n) is 16.6. The molecular formula is C34H59IN2O5. The van der Waals surface area contributed by atoms with Crippen molar-refractivity contribution in [3.63, 3.8) is 0 Å². The molecule has 7 nitrogen and oxygen atoms in total. The quantitative estimate of drug-likeness (QED) is 0.0942. The highest BCUT2D eigenvalue weighted by Crippen LogP contribution is 2.21. The van der Waals surface area contributed by atoms with E-state index in [1.807, 2.05) is 36.0 Å². The lowest BCUT2D eigenvalue weighted by Gasteiger charge is -2.19. The average Bonchev–Trinajstić information content (AvgIpc) is 3.42. The Balaban J connectivity index is 0.00000882.